The van der Waals surface area contributed by atoms with E-state index < -0.39 is 10.0 Å². The van der Waals surface area contributed by atoms with Crippen LogP contribution in [0, 0.1) is 24.7 Å². The van der Waals surface area contributed by atoms with Gasteiger partial charge in [0.05, 0.1) is 10.6 Å². The Morgan fingerprint density at radius 2 is 1.64 bits per heavy atom. The summed E-state index contributed by atoms with van der Waals surface area (Å²) in [6, 6.07) is 13.9. The fourth-order valence-electron chi connectivity index (χ4n) is 1.82. The van der Waals surface area contributed by atoms with Gasteiger partial charge in [0.1, 0.15) is 0 Å². The lowest BCUT2D eigenvalue weighted by atomic mass is 10.1. The van der Waals surface area contributed by atoms with Gasteiger partial charge in [-0.05, 0) is 31.2 Å². The minimum absolute atomic E-state index is 0.224. The van der Waals surface area contributed by atoms with Crippen molar-refractivity contribution in [3.05, 3.63) is 59.7 Å². The van der Waals surface area contributed by atoms with Crippen LogP contribution in [0.2, 0.25) is 0 Å². The smallest absolute Gasteiger partial charge is 0.261 e. The number of hydrogen-bond acceptors (Lipinski definition) is 2. The summed E-state index contributed by atoms with van der Waals surface area (Å²) in [5.74, 6) is 6.29. The highest BCUT2D eigenvalue weighted by Crippen LogP contribution is 2.19. The molecule has 0 fully saturated rings. The highest BCUT2D eigenvalue weighted by atomic mass is 32.2. The van der Waals surface area contributed by atoms with E-state index in [-0.39, 0.29) is 10.8 Å². The first-order valence-corrected chi connectivity index (χ1v) is 8.57. The van der Waals surface area contributed by atoms with Crippen molar-refractivity contribution < 1.29 is 8.42 Å². The lowest BCUT2D eigenvalue weighted by molar-refractivity contribution is 0.601. The predicted molar refractivity (Wildman–Crippen MR) is 90.1 cm³/mol. The molecule has 0 radical (unpaired) electrons. The van der Waals surface area contributed by atoms with Gasteiger partial charge in [0.25, 0.3) is 10.0 Å². The van der Waals surface area contributed by atoms with Crippen LogP contribution in [-0.4, -0.2) is 8.42 Å². The second-order valence-electron chi connectivity index (χ2n) is 5.39. The molecule has 0 aliphatic carbocycles. The van der Waals surface area contributed by atoms with Gasteiger partial charge in [0, 0.05) is 11.5 Å². The Bertz CT molecular complexity index is 810. The normalized spacial score (nSPS) is 10.9. The van der Waals surface area contributed by atoms with Crippen LogP contribution in [-0.2, 0) is 10.0 Å². The van der Waals surface area contributed by atoms with Crippen molar-refractivity contribution in [1.82, 2.24) is 0 Å². The molecule has 0 amide bonds. The number of rotatable bonds is 3. The first kappa shape index (κ1) is 16.1. The van der Waals surface area contributed by atoms with Crippen molar-refractivity contribution in [3.63, 3.8) is 0 Å². The number of hydrogen-bond donors (Lipinski definition) is 1. The lowest BCUT2D eigenvalue weighted by Gasteiger charge is -2.10. The molecule has 0 saturated carbocycles. The van der Waals surface area contributed by atoms with E-state index in [2.05, 4.69) is 16.6 Å². The second kappa shape index (κ2) is 6.67. The van der Waals surface area contributed by atoms with Crippen LogP contribution in [0.1, 0.15) is 25.0 Å². The summed E-state index contributed by atoms with van der Waals surface area (Å²) in [7, 11) is -3.61. The largest absolute Gasteiger partial charge is 0.278 e. The van der Waals surface area contributed by atoms with Crippen molar-refractivity contribution >= 4 is 15.7 Å². The Labute approximate surface area is 132 Å². The zero-order valence-electron chi connectivity index (χ0n) is 12.9. The Morgan fingerprint density at radius 1 is 1.00 bits per heavy atom. The highest BCUT2D eigenvalue weighted by Gasteiger charge is 2.15. The minimum Gasteiger partial charge on any atom is -0.278 e. The van der Waals surface area contributed by atoms with Crippen molar-refractivity contribution in [3.8, 4) is 11.8 Å². The van der Waals surface area contributed by atoms with Crippen LogP contribution in [0.15, 0.2) is 53.4 Å². The average molecular weight is 313 g/mol. The van der Waals surface area contributed by atoms with Crippen molar-refractivity contribution in [2.45, 2.75) is 25.7 Å². The molecular weight excluding hydrogens is 294 g/mol. The molecule has 1 N–H and O–H groups in total. The van der Waals surface area contributed by atoms with E-state index >= 15 is 0 Å². The van der Waals surface area contributed by atoms with Gasteiger partial charge >= 0.3 is 0 Å². The molecule has 4 heteroatoms. The Morgan fingerprint density at radius 3 is 2.27 bits per heavy atom. The van der Waals surface area contributed by atoms with E-state index in [0.29, 0.717) is 11.3 Å². The lowest BCUT2D eigenvalue weighted by Crippen LogP contribution is -2.13. The third kappa shape index (κ3) is 4.12. The SMILES string of the molecule is Cc1ccc(S(=O)(=O)Nc2ccccc2C#CC(C)C)cc1. The van der Waals surface area contributed by atoms with E-state index in [1.807, 2.05) is 32.9 Å². The zero-order valence-corrected chi connectivity index (χ0v) is 13.7. The van der Waals surface area contributed by atoms with Crippen molar-refractivity contribution in [1.29, 1.82) is 0 Å². The molecule has 0 saturated heterocycles. The third-order valence-electron chi connectivity index (χ3n) is 3.00. The topological polar surface area (TPSA) is 46.2 Å². The highest BCUT2D eigenvalue weighted by molar-refractivity contribution is 7.92. The maximum Gasteiger partial charge on any atom is 0.261 e. The molecule has 0 atom stereocenters. The number of anilines is 1. The fraction of sp³-hybridized carbons (Fsp3) is 0.222. The molecule has 0 heterocycles. The number of para-hydroxylation sites is 1. The van der Waals surface area contributed by atoms with E-state index in [9.17, 15) is 8.42 Å². The van der Waals surface area contributed by atoms with E-state index in [1.165, 1.54) is 0 Å². The molecule has 0 aliphatic heterocycles. The monoisotopic (exact) mass is 313 g/mol. The van der Waals surface area contributed by atoms with Crippen LogP contribution in [0.4, 0.5) is 5.69 Å². The summed E-state index contributed by atoms with van der Waals surface area (Å²) in [5, 5.41) is 0. The molecule has 0 unspecified atom stereocenters. The van der Waals surface area contributed by atoms with Gasteiger partial charge in [-0.15, -0.1) is 0 Å². The van der Waals surface area contributed by atoms with E-state index in [1.54, 1.807) is 36.4 Å². The molecule has 0 aromatic heterocycles. The zero-order chi connectivity index (χ0) is 16.2. The van der Waals surface area contributed by atoms with Crippen LogP contribution >= 0.6 is 0 Å². The molecule has 114 valence electrons. The van der Waals surface area contributed by atoms with E-state index in [0.717, 1.165) is 5.56 Å². The van der Waals surface area contributed by atoms with Crippen LogP contribution < -0.4 is 4.72 Å². The van der Waals surface area contributed by atoms with Crippen LogP contribution in [0.5, 0.6) is 0 Å². The molecule has 2 aromatic carbocycles. The van der Waals surface area contributed by atoms with Gasteiger partial charge in [0.2, 0.25) is 0 Å². The third-order valence-corrected chi connectivity index (χ3v) is 4.38. The Balaban J connectivity index is 2.35. The van der Waals surface area contributed by atoms with Gasteiger partial charge in [0.15, 0.2) is 0 Å². The summed E-state index contributed by atoms with van der Waals surface area (Å²) >= 11 is 0. The predicted octanol–water partition coefficient (Wildman–Crippen LogP) is 3.80. The molecule has 3 nitrogen and oxygen atoms in total. The van der Waals surface area contributed by atoms with Crippen molar-refractivity contribution in [2.24, 2.45) is 5.92 Å². The summed E-state index contributed by atoms with van der Waals surface area (Å²) in [6.45, 7) is 5.90. The number of nitrogens with one attached hydrogen (secondary N) is 1. The molecule has 2 aromatic rings. The molecule has 2 rings (SSSR count). The standard InChI is InChI=1S/C18H19NO2S/c1-14(2)8-11-16-6-4-5-7-18(16)19-22(20,21)17-12-9-15(3)10-13-17/h4-7,9-10,12-14,19H,1-3H3. The Kier molecular flexibility index (Phi) is 4.89. The summed E-state index contributed by atoms with van der Waals surface area (Å²) in [6.07, 6.45) is 0. The maximum atomic E-state index is 12.4. The second-order valence-corrected chi connectivity index (χ2v) is 7.07. The Hall–Kier alpha value is -2.25. The first-order valence-electron chi connectivity index (χ1n) is 7.08. The van der Waals surface area contributed by atoms with Crippen LogP contribution in [0.3, 0.4) is 0 Å². The first-order chi connectivity index (χ1) is 10.4. The van der Waals surface area contributed by atoms with Gasteiger partial charge in [-0.2, -0.15) is 0 Å². The quantitative estimate of drug-likeness (QED) is 0.876. The maximum absolute atomic E-state index is 12.4. The average Bonchev–Trinajstić information content (AvgIpc) is 2.46. The molecule has 0 spiro atoms. The molecule has 0 bridgehead atoms. The van der Waals surface area contributed by atoms with Crippen molar-refractivity contribution in [2.75, 3.05) is 4.72 Å². The summed E-state index contributed by atoms with van der Waals surface area (Å²) in [5.41, 5.74) is 2.19. The minimum atomic E-state index is -3.61. The number of sulfonamides is 1. The summed E-state index contributed by atoms with van der Waals surface area (Å²) < 4.78 is 27.5. The fourth-order valence-corrected chi connectivity index (χ4v) is 2.90. The molecular formula is C18H19NO2S. The van der Waals surface area contributed by atoms with Gasteiger partial charge in [-0.3, -0.25) is 4.72 Å². The number of aryl methyl sites for hydroxylation is 1. The number of benzene rings is 2. The van der Waals surface area contributed by atoms with Crippen LogP contribution in [0.25, 0.3) is 0 Å². The van der Waals surface area contributed by atoms with Gasteiger partial charge in [-0.25, -0.2) is 8.42 Å². The summed E-state index contributed by atoms with van der Waals surface area (Å²) in [4.78, 5) is 0.240. The molecule has 22 heavy (non-hydrogen) atoms. The van der Waals surface area contributed by atoms with E-state index in [4.69, 9.17) is 0 Å². The van der Waals surface area contributed by atoms with Gasteiger partial charge < -0.3 is 0 Å². The molecule has 0 aliphatic rings. The van der Waals surface area contributed by atoms with Gasteiger partial charge in [-0.1, -0.05) is 55.5 Å².